The Morgan fingerprint density at radius 1 is 1.29 bits per heavy atom. The smallest absolute Gasteiger partial charge is 0.237 e. The van der Waals surface area contributed by atoms with E-state index in [0.29, 0.717) is 18.6 Å². The molecule has 24 heavy (non-hydrogen) atoms. The van der Waals surface area contributed by atoms with E-state index in [1.807, 2.05) is 22.7 Å². The maximum absolute atomic E-state index is 12.9. The van der Waals surface area contributed by atoms with E-state index in [1.165, 1.54) is 12.8 Å². The van der Waals surface area contributed by atoms with Crippen molar-refractivity contribution in [3.8, 4) is 0 Å². The zero-order valence-corrected chi connectivity index (χ0v) is 16.3. The zero-order chi connectivity index (χ0) is 15.7. The average molecular weight is 378 g/mol. The van der Waals surface area contributed by atoms with Crippen molar-refractivity contribution in [3.63, 3.8) is 0 Å². The Labute approximate surface area is 156 Å². The van der Waals surface area contributed by atoms with Gasteiger partial charge < -0.3 is 14.8 Å². The molecule has 0 radical (unpaired) electrons. The summed E-state index contributed by atoms with van der Waals surface area (Å²) in [6.07, 6.45) is 6.13. The molecule has 1 amide bonds. The molecule has 2 aliphatic heterocycles. The summed E-state index contributed by atoms with van der Waals surface area (Å²) in [5.41, 5.74) is 0. The fourth-order valence-electron chi connectivity index (χ4n) is 3.74. The van der Waals surface area contributed by atoms with Crippen LogP contribution < -0.4 is 5.32 Å². The molecule has 8 heteroatoms. The van der Waals surface area contributed by atoms with E-state index < -0.39 is 0 Å². The predicted octanol–water partition coefficient (Wildman–Crippen LogP) is 1.61. The van der Waals surface area contributed by atoms with Gasteiger partial charge in [-0.15, -0.1) is 24.8 Å². The van der Waals surface area contributed by atoms with Crippen molar-refractivity contribution in [3.05, 3.63) is 18.2 Å². The fourth-order valence-corrected chi connectivity index (χ4v) is 3.74. The molecule has 0 bridgehead atoms. The molecule has 0 aliphatic carbocycles. The molecular formula is C16H29Cl2N5O. The van der Waals surface area contributed by atoms with Crippen molar-refractivity contribution in [2.75, 3.05) is 26.2 Å². The van der Waals surface area contributed by atoms with Gasteiger partial charge in [0.05, 0.1) is 6.54 Å². The first-order valence-corrected chi connectivity index (χ1v) is 8.31. The van der Waals surface area contributed by atoms with E-state index in [4.69, 9.17) is 0 Å². The second kappa shape index (κ2) is 9.04. The molecule has 6 nitrogen and oxygen atoms in total. The van der Waals surface area contributed by atoms with Gasteiger partial charge in [-0.25, -0.2) is 4.98 Å². The SMILES string of the molecule is CC1CCC(C)N1CC(=O)N1CCNCC1c1nccn1C.Cl.Cl. The van der Waals surface area contributed by atoms with Crippen molar-refractivity contribution in [2.24, 2.45) is 7.05 Å². The molecule has 0 aromatic carbocycles. The standard InChI is InChI=1S/C16H27N5O.2ClH/c1-12-4-5-13(2)21(12)11-15(22)20-9-6-17-10-14(20)16-18-7-8-19(16)3;;/h7-8,12-14,17H,4-6,9-11H2,1-3H3;2*1H. The molecule has 138 valence electrons. The molecule has 1 N–H and O–H groups in total. The Hall–Kier alpha value is -0.820. The van der Waals surface area contributed by atoms with Crippen LogP contribution in [0.5, 0.6) is 0 Å². The van der Waals surface area contributed by atoms with Crippen molar-refractivity contribution < 1.29 is 4.79 Å². The average Bonchev–Trinajstić information content (AvgIpc) is 3.07. The minimum Gasteiger partial charge on any atom is -0.336 e. The summed E-state index contributed by atoms with van der Waals surface area (Å²) in [5.74, 6) is 1.19. The topological polar surface area (TPSA) is 53.4 Å². The Bertz CT molecular complexity index is 528. The van der Waals surface area contributed by atoms with Crippen LogP contribution in [0.3, 0.4) is 0 Å². The first-order valence-electron chi connectivity index (χ1n) is 8.31. The third-order valence-corrected chi connectivity index (χ3v) is 5.17. The number of hydrogen-bond acceptors (Lipinski definition) is 4. The van der Waals surface area contributed by atoms with Gasteiger partial charge in [-0.2, -0.15) is 0 Å². The largest absolute Gasteiger partial charge is 0.336 e. The number of imidazole rings is 1. The molecule has 3 unspecified atom stereocenters. The lowest BCUT2D eigenvalue weighted by Gasteiger charge is -2.37. The third-order valence-electron chi connectivity index (χ3n) is 5.17. The van der Waals surface area contributed by atoms with Crippen molar-refractivity contribution >= 4 is 30.7 Å². The lowest BCUT2D eigenvalue weighted by molar-refractivity contribution is -0.136. The summed E-state index contributed by atoms with van der Waals surface area (Å²) in [6, 6.07) is 1.05. The predicted molar refractivity (Wildman–Crippen MR) is 99.9 cm³/mol. The Balaban J connectivity index is 0.00000144. The number of aryl methyl sites for hydroxylation is 1. The molecule has 2 fully saturated rings. The number of halogens is 2. The van der Waals surface area contributed by atoms with E-state index in [0.717, 1.165) is 25.5 Å². The van der Waals surface area contributed by atoms with Gasteiger partial charge in [0, 0.05) is 51.2 Å². The highest BCUT2D eigenvalue weighted by Crippen LogP contribution is 2.25. The summed E-state index contributed by atoms with van der Waals surface area (Å²) >= 11 is 0. The lowest BCUT2D eigenvalue weighted by Crippen LogP contribution is -2.52. The number of amides is 1. The van der Waals surface area contributed by atoms with Gasteiger partial charge in [0.15, 0.2) is 0 Å². The fraction of sp³-hybridized carbons (Fsp3) is 0.750. The van der Waals surface area contributed by atoms with E-state index >= 15 is 0 Å². The van der Waals surface area contributed by atoms with Crippen LogP contribution in [0.2, 0.25) is 0 Å². The molecule has 1 aromatic heterocycles. The number of hydrogen-bond donors (Lipinski definition) is 1. The van der Waals surface area contributed by atoms with Gasteiger partial charge >= 0.3 is 0 Å². The highest BCUT2D eigenvalue weighted by molar-refractivity contribution is 5.85. The number of rotatable bonds is 3. The normalized spacial score (nSPS) is 27.5. The van der Waals surface area contributed by atoms with Crippen molar-refractivity contribution in [2.45, 2.75) is 44.8 Å². The van der Waals surface area contributed by atoms with E-state index in [-0.39, 0.29) is 36.8 Å². The second-order valence-electron chi connectivity index (χ2n) is 6.65. The van der Waals surface area contributed by atoms with Gasteiger partial charge in [-0.3, -0.25) is 9.69 Å². The minimum atomic E-state index is 0. The van der Waals surface area contributed by atoms with Gasteiger partial charge in [0.25, 0.3) is 0 Å². The van der Waals surface area contributed by atoms with Crippen LogP contribution in [-0.2, 0) is 11.8 Å². The van der Waals surface area contributed by atoms with Crippen molar-refractivity contribution in [1.29, 1.82) is 0 Å². The van der Waals surface area contributed by atoms with Gasteiger partial charge in [0.2, 0.25) is 5.91 Å². The molecule has 3 atom stereocenters. The van der Waals surface area contributed by atoms with E-state index in [2.05, 4.69) is 29.0 Å². The van der Waals surface area contributed by atoms with Gasteiger partial charge in [0.1, 0.15) is 11.9 Å². The molecule has 0 saturated carbocycles. The van der Waals surface area contributed by atoms with E-state index in [9.17, 15) is 4.79 Å². The highest BCUT2D eigenvalue weighted by Gasteiger charge is 2.34. The first-order chi connectivity index (χ1) is 10.6. The van der Waals surface area contributed by atoms with Gasteiger partial charge in [-0.1, -0.05) is 0 Å². The minimum absolute atomic E-state index is 0. The van der Waals surface area contributed by atoms with Crippen LogP contribution in [0.4, 0.5) is 0 Å². The zero-order valence-electron chi connectivity index (χ0n) is 14.6. The maximum Gasteiger partial charge on any atom is 0.237 e. The van der Waals surface area contributed by atoms with Crippen LogP contribution in [0.1, 0.15) is 38.6 Å². The third kappa shape index (κ3) is 4.23. The van der Waals surface area contributed by atoms with Crippen LogP contribution >= 0.6 is 24.8 Å². The number of aromatic nitrogens is 2. The number of piperazine rings is 1. The molecule has 3 heterocycles. The lowest BCUT2D eigenvalue weighted by atomic mass is 10.1. The Morgan fingerprint density at radius 3 is 2.54 bits per heavy atom. The quantitative estimate of drug-likeness (QED) is 0.869. The van der Waals surface area contributed by atoms with Crippen LogP contribution in [0.15, 0.2) is 12.4 Å². The summed E-state index contributed by atoms with van der Waals surface area (Å²) < 4.78 is 2.01. The molecule has 2 saturated heterocycles. The molecule has 3 rings (SSSR count). The van der Waals surface area contributed by atoms with Gasteiger partial charge in [-0.05, 0) is 26.7 Å². The van der Waals surface area contributed by atoms with Crippen molar-refractivity contribution in [1.82, 2.24) is 24.7 Å². The number of carbonyl (C=O) groups excluding carboxylic acids is 1. The monoisotopic (exact) mass is 377 g/mol. The first kappa shape index (κ1) is 21.2. The molecule has 0 spiro atoms. The summed E-state index contributed by atoms with van der Waals surface area (Å²) in [5, 5.41) is 3.39. The van der Waals surface area contributed by atoms with Crippen LogP contribution in [-0.4, -0.2) is 63.5 Å². The highest BCUT2D eigenvalue weighted by atomic mass is 35.5. The number of likely N-dealkylation sites (tertiary alicyclic amines) is 1. The van der Waals surface area contributed by atoms with Crippen LogP contribution in [0.25, 0.3) is 0 Å². The number of nitrogens with one attached hydrogen (secondary N) is 1. The Morgan fingerprint density at radius 2 is 1.96 bits per heavy atom. The molecule has 2 aliphatic rings. The molecule has 1 aromatic rings. The van der Waals surface area contributed by atoms with Crippen LogP contribution in [0, 0.1) is 0 Å². The maximum atomic E-state index is 12.9. The Kier molecular flexibility index (Phi) is 7.99. The summed E-state index contributed by atoms with van der Waals surface area (Å²) in [6.45, 7) is 7.38. The summed E-state index contributed by atoms with van der Waals surface area (Å²) in [4.78, 5) is 21.7. The summed E-state index contributed by atoms with van der Waals surface area (Å²) in [7, 11) is 1.99. The van der Waals surface area contributed by atoms with E-state index in [1.54, 1.807) is 6.20 Å². The second-order valence-corrected chi connectivity index (χ2v) is 6.65. The molecular weight excluding hydrogens is 349 g/mol. The number of carbonyl (C=O) groups is 1. The number of nitrogens with zero attached hydrogens (tertiary/aromatic N) is 4.